The van der Waals surface area contributed by atoms with Crippen molar-refractivity contribution in [3.8, 4) is 34.3 Å². The summed E-state index contributed by atoms with van der Waals surface area (Å²) in [6.45, 7) is 0.999. The first-order valence-electron chi connectivity index (χ1n) is 8.92. The summed E-state index contributed by atoms with van der Waals surface area (Å²) >= 11 is 0. The molecule has 4 rings (SSSR count). The predicted molar refractivity (Wildman–Crippen MR) is 102 cm³/mol. The minimum atomic E-state index is -0.522. The molecule has 1 aliphatic heterocycles. The molecule has 0 aliphatic carbocycles. The van der Waals surface area contributed by atoms with Gasteiger partial charge in [0.15, 0.2) is 17.3 Å². The van der Waals surface area contributed by atoms with Gasteiger partial charge in [0.05, 0.1) is 19.8 Å². The van der Waals surface area contributed by atoms with E-state index in [4.69, 9.17) is 28.2 Å². The number of fused-ring (bicyclic) bond motifs is 1. The maximum atomic E-state index is 12.4. The van der Waals surface area contributed by atoms with E-state index in [9.17, 15) is 4.79 Å². The highest BCUT2D eigenvalue weighted by Gasteiger charge is 2.16. The van der Waals surface area contributed by atoms with E-state index in [-0.39, 0.29) is 6.61 Å². The zero-order valence-corrected chi connectivity index (χ0v) is 16.0. The summed E-state index contributed by atoms with van der Waals surface area (Å²) in [5.41, 5.74) is 1.59. The zero-order valence-electron chi connectivity index (χ0n) is 16.0. The average molecular weight is 397 g/mol. The fourth-order valence-electron chi connectivity index (χ4n) is 2.86. The van der Waals surface area contributed by atoms with Crippen LogP contribution < -0.4 is 18.9 Å². The molecule has 0 radical (unpaired) electrons. The molecule has 1 aromatic heterocycles. The summed E-state index contributed by atoms with van der Waals surface area (Å²) in [6, 6.07) is 12.0. The van der Waals surface area contributed by atoms with Gasteiger partial charge in [-0.1, -0.05) is 5.16 Å². The van der Waals surface area contributed by atoms with Gasteiger partial charge in [-0.25, -0.2) is 4.79 Å². The largest absolute Gasteiger partial charge is 0.497 e. The van der Waals surface area contributed by atoms with Gasteiger partial charge in [-0.05, 0) is 30.3 Å². The third kappa shape index (κ3) is 4.11. The fraction of sp³-hybridized carbons (Fsp3) is 0.238. The van der Waals surface area contributed by atoms with E-state index in [1.165, 1.54) is 14.2 Å². The van der Waals surface area contributed by atoms with Crippen molar-refractivity contribution < 1.29 is 33.0 Å². The first-order valence-corrected chi connectivity index (χ1v) is 8.92. The van der Waals surface area contributed by atoms with Gasteiger partial charge < -0.3 is 28.2 Å². The molecule has 0 fully saturated rings. The van der Waals surface area contributed by atoms with Crippen molar-refractivity contribution in [1.82, 2.24) is 5.16 Å². The Morgan fingerprint density at radius 2 is 1.69 bits per heavy atom. The van der Waals surface area contributed by atoms with Crippen LogP contribution in [0.3, 0.4) is 0 Å². The molecule has 0 unspecified atom stereocenters. The highest BCUT2D eigenvalue weighted by atomic mass is 16.6. The average Bonchev–Trinajstić information content (AvgIpc) is 3.25. The third-order valence-corrected chi connectivity index (χ3v) is 4.32. The Bertz CT molecular complexity index is 1010. The van der Waals surface area contributed by atoms with Crippen molar-refractivity contribution in [3.63, 3.8) is 0 Å². The maximum Gasteiger partial charge on any atom is 0.338 e. The smallest absolute Gasteiger partial charge is 0.338 e. The SMILES string of the molecule is COc1cc(OC)cc(C(=O)OCc2cc(-c3ccc4c(c3)OCCO4)on2)c1. The van der Waals surface area contributed by atoms with Crippen molar-refractivity contribution in [1.29, 1.82) is 0 Å². The van der Waals surface area contributed by atoms with Crippen molar-refractivity contribution in [2.75, 3.05) is 27.4 Å². The van der Waals surface area contributed by atoms with Crippen molar-refractivity contribution in [2.45, 2.75) is 6.61 Å². The highest BCUT2D eigenvalue weighted by molar-refractivity contribution is 5.90. The van der Waals surface area contributed by atoms with Gasteiger partial charge >= 0.3 is 5.97 Å². The zero-order chi connectivity index (χ0) is 20.2. The van der Waals surface area contributed by atoms with E-state index in [1.807, 2.05) is 18.2 Å². The van der Waals surface area contributed by atoms with Crippen LogP contribution in [-0.2, 0) is 11.3 Å². The van der Waals surface area contributed by atoms with Crippen LogP contribution in [0.25, 0.3) is 11.3 Å². The summed E-state index contributed by atoms with van der Waals surface area (Å²) in [7, 11) is 3.03. The minimum absolute atomic E-state index is 0.0353. The Labute approximate surface area is 166 Å². The minimum Gasteiger partial charge on any atom is -0.497 e. The number of hydrogen-bond donors (Lipinski definition) is 0. The number of nitrogens with zero attached hydrogens (tertiary/aromatic N) is 1. The molecule has 3 aromatic rings. The molecular weight excluding hydrogens is 378 g/mol. The molecule has 29 heavy (non-hydrogen) atoms. The van der Waals surface area contributed by atoms with Crippen LogP contribution in [0.4, 0.5) is 0 Å². The van der Waals surface area contributed by atoms with E-state index < -0.39 is 5.97 Å². The van der Waals surface area contributed by atoms with Crippen LogP contribution in [0, 0.1) is 0 Å². The molecule has 2 aromatic carbocycles. The van der Waals surface area contributed by atoms with Gasteiger partial charge in [0.25, 0.3) is 0 Å². The fourth-order valence-corrected chi connectivity index (χ4v) is 2.86. The summed E-state index contributed by atoms with van der Waals surface area (Å²) in [5.74, 6) is 2.37. The number of carbonyl (C=O) groups is 1. The molecular formula is C21H19NO7. The van der Waals surface area contributed by atoms with Crippen LogP contribution in [-0.4, -0.2) is 38.6 Å². The molecule has 0 saturated carbocycles. The summed E-state index contributed by atoms with van der Waals surface area (Å²) in [5, 5.41) is 3.96. The lowest BCUT2D eigenvalue weighted by Crippen LogP contribution is -2.15. The van der Waals surface area contributed by atoms with Gasteiger partial charge in [-0.2, -0.15) is 0 Å². The number of hydrogen-bond acceptors (Lipinski definition) is 8. The Hall–Kier alpha value is -3.68. The second-order valence-corrected chi connectivity index (χ2v) is 6.22. The number of aromatic nitrogens is 1. The van der Waals surface area contributed by atoms with E-state index in [1.54, 1.807) is 24.3 Å². The summed E-state index contributed by atoms with van der Waals surface area (Å²) in [4.78, 5) is 12.4. The Balaban J connectivity index is 1.44. The van der Waals surface area contributed by atoms with Crippen LogP contribution in [0.1, 0.15) is 16.1 Å². The van der Waals surface area contributed by atoms with Crippen molar-refractivity contribution in [2.24, 2.45) is 0 Å². The van der Waals surface area contributed by atoms with Gasteiger partial charge in [-0.3, -0.25) is 0 Å². The summed E-state index contributed by atoms with van der Waals surface area (Å²) in [6.07, 6.45) is 0. The van der Waals surface area contributed by atoms with Gasteiger partial charge in [0, 0.05) is 17.7 Å². The van der Waals surface area contributed by atoms with E-state index >= 15 is 0 Å². The first kappa shape index (κ1) is 18.7. The lowest BCUT2D eigenvalue weighted by Gasteiger charge is -2.18. The van der Waals surface area contributed by atoms with Crippen LogP contribution >= 0.6 is 0 Å². The number of benzene rings is 2. The lowest BCUT2D eigenvalue weighted by atomic mass is 10.1. The molecule has 8 nitrogen and oxygen atoms in total. The Kier molecular flexibility index (Phi) is 5.24. The lowest BCUT2D eigenvalue weighted by molar-refractivity contribution is 0.0463. The van der Waals surface area contributed by atoms with E-state index in [0.29, 0.717) is 53.2 Å². The van der Waals surface area contributed by atoms with Crippen LogP contribution in [0.2, 0.25) is 0 Å². The Morgan fingerprint density at radius 1 is 0.966 bits per heavy atom. The van der Waals surface area contributed by atoms with Gasteiger partial charge in [0.2, 0.25) is 0 Å². The molecule has 0 saturated heterocycles. The number of esters is 1. The molecule has 0 atom stereocenters. The third-order valence-electron chi connectivity index (χ3n) is 4.32. The predicted octanol–water partition coefficient (Wildman–Crippen LogP) is 3.49. The normalized spacial score (nSPS) is 12.3. The second kappa shape index (κ2) is 8.14. The Morgan fingerprint density at radius 3 is 2.41 bits per heavy atom. The molecule has 0 bridgehead atoms. The monoisotopic (exact) mass is 397 g/mol. The number of rotatable bonds is 6. The van der Waals surface area contributed by atoms with Gasteiger partial charge in [0.1, 0.15) is 37.0 Å². The maximum absolute atomic E-state index is 12.4. The first-order chi connectivity index (χ1) is 14.2. The second-order valence-electron chi connectivity index (χ2n) is 6.22. The number of methoxy groups -OCH3 is 2. The molecule has 150 valence electrons. The molecule has 8 heteroatoms. The van der Waals surface area contributed by atoms with Crippen molar-refractivity contribution >= 4 is 5.97 Å². The number of ether oxygens (including phenoxy) is 5. The molecule has 2 heterocycles. The molecule has 0 amide bonds. The highest BCUT2D eigenvalue weighted by Crippen LogP contribution is 2.34. The van der Waals surface area contributed by atoms with Crippen molar-refractivity contribution in [3.05, 3.63) is 53.7 Å². The van der Waals surface area contributed by atoms with Crippen LogP contribution in [0.5, 0.6) is 23.0 Å². The van der Waals surface area contributed by atoms with E-state index in [0.717, 1.165) is 5.56 Å². The number of carbonyl (C=O) groups excluding carboxylic acids is 1. The molecule has 0 N–H and O–H groups in total. The summed E-state index contributed by atoms with van der Waals surface area (Å²) < 4.78 is 32.1. The van der Waals surface area contributed by atoms with Gasteiger partial charge in [-0.15, -0.1) is 0 Å². The topological polar surface area (TPSA) is 89.3 Å². The standard InChI is InChI=1S/C21H19NO7/c1-24-16-7-14(8-17(11-16)25-2)21(23)28-12-15-10-19(29-22-15)13-3-4-18-20(9-13)27-6-5-26-18/h3-4,7-11H,5-6,12H2,1-2H3. The quantitative estimate of drug-likeness (QED) is 0.584. The molecule has 1 aliphatic rings. The van der Waals surface area contributed by atoms with Crippen LogP contribution in [0.15, 0.2) is 47.0 Å². The van der Waals surface area contributed by atoms with E-state index in [2.05, 4.69) is 5.16 Å². The molecule has 0 spiro atoms.